The lowest BCUT2D eigenvalue weighted by Crippen LogP contribution is -2.13. The Bertz CT molecular complexity index is 1250. The zero-order valence-corrected chi connectivity index (χ0v) is 19.0. The molecule has 0 aliphatic heterocycles. The summed E-state index contributed by atoms with van der Waals surface area (Å²) in [5.41, 5.74) is 1.17. The number of halogens is 2. The van der Waals surface area contributed by atoms with Gasteiger partial charge in [0.2, 0.25) is 0 Å². The fraction of sp³-hybridized carbons (Fsp3) is 0.0800. The van der Waals surface area contributed by atoms with Gasteiger partial charge in [0.1, 0.15) is 11.6 Å². The van der Waals surface area contributed by atoms with Crippen LogP contribution in [0.5, 0.6) is 11.5 Å². The number of rotatable bonds is 7. The predicted octanol–water partition coefficient (Wildman–Crippen LogP) is 6.16. The lowest BCUT2D eigenvalue weighted by Gasteiger charge is -2.12. The zero-order valence-electron chi connectivity index (χ0n) is 17.5. The van der Waals surface area contributed by atoms with Gasteiger partial charge in [0, 0.05) is 5.69 Å². The first-order valence-corrected chi connectivity index (χ1v) is 10.6. The maximum absolute atomic E-state index is 12.5. The first-order chi connectivity index (χ1) is 15.9. The van der Waals surface area contributed by atoms with Crippen molar-refractivity contribution in [2.45, 2.75) is 6.92 Å². The number of hydrogen-bond donors (Lipinski definition) is 1. The van der Waals surface area contributed by atoms with Crippen molar-refractivity contribution in [3.63, 3.8) is 0 Å². The number of carbonyl (C=O) groups excluding carboxylic acids is 2. The molecule has 3 aromatic carbocycles. The van der Waals surface area contributed by atoms with Gasteiger partial charge in [0.05, 0.1) is 22.2 Å². The van der Waals surface area contributed by atoms with Crippen molar-refractivity contribution in [3.05, 3.63) is 93.5 Å². The Morgan fingerprint density at radius 1 is 1.00 bits per heavy atom. The van der Waals surface area contributed by atoms with E-state index >= 15 is 0 Å². The lowest BCUT2D eigenvalue weighted by molar-refractivity contribution is -0.112. The highest BCUT2D eigenvalue weighted by atomic mass is 35.5. The molecule has 0 radical (unpaired) electrons. The number of ether oxygens (including phenoxy) is 2. The van der Waals surface area contributed by atoms with Crippen molar-refractivity contribution in [3.8, 4) is 17.6 Å². The molecule has 0 atom stereocenters. The number of nitrogens with zero attached hydrogens (tertiary/aromatic N) is 1. The van der Waals surface area contributed by atoms with E-state index in [1.165, 1.54) is 12.1 Å². The number of carbonyl (C=O) groups is 2. The maximum Gasteiger partial charge on any atom is 0.343 e. The number of benzene rings is 3. The molecule has 1 N–H and O–H groups in total. The van der Waals surface area contributed by atoms with Crippen LogP contribution >= 0.6 is 23.2 Å². The molecule has 0 fully saturated rings. The first kappa shape index (κ1) is 23.9. The summed E-state index contributed by atoms with van der Waals surface area (Å²) in [6.45, 7) is 2.11. The van der Waals surface area contributed by atoms with Gasteiger partial charge in [-0.3, -0.25) is 4.79 Å². The van der Waals surface area contributed by atoms with Crippen LogP contribution in [0.3, 0.4) is 0 Å². The van der Waals surface area contributed by atoms with Crippen LogP contribution in [0.4, 0.5) is 5.69 Å². The molecule has 0 bridgehead atoms. The average Bonchev–Trinajstić information content (AvgIpc) is 2.82. The quantitative estimate of drug-likeness (QED) is 0.189. The fourth-order valence-electron chi connectivity index (χ4n) is 2.79. The van der Waals surface area contributed by atoms with Crippen molar-refractivity contribution in [2.24, 2.45) is 0 Å². The van der Waals surface area contributed by atoms with Gasteiger partial charge in [-0.25, -0.2) is 4.79 Å². The van der Waals surface area contributed by atoms with Crippen molar-refractivity contribution in [1.29, 1.82) is 5.26 Å². The van der Waals surface area contributed by atoms with E-state index in [0.717, 1.165) is 0 Å². The molecule has 3 rings (SSSR count). The number of nitriles is 1. The third kappa shape index (κ3) is 6.36. The molecule has 0 aromatic heterocycles. The van der Waals surface area contributed by atoms with Crippen LogP contribution in [0.25, 0.3) is 6.08 Å². The van der Waals surface area contributed by atoms with E-state index in [1.807, 2.05) is 6.07 Å². The normalized spacial score (nSPS) is 10.8. The van der Waals surface area contributed by atoms with Crippen LogP contribution in [0.2, 0.25) is 10.0 Å². The Balaban J connectivity index is 1.82. The molecule has 0 aliphatic rings. The number of anilines is 1. The van der Waals surface area contributed by atoms with Gasteiger partial charge in [-0.1, -0.05) is 47.5 Å². The monoisotopic (exact) mass is 480 g/mol. The minimum Gasteiger partial charge on any atom is -0.490 e. The molecule has 33 heavy (non-hydrogen) atoms. The highest BCUT2D eigenvalue weighted by Crippen LogP contribution is 2.30. The van der Waals surface area contributed by atoms with Gasteiger partial charge in [-0.15, -0.1) is 0 Å². The Hall–Kier alpha value is -3.79. The summed E-state index contributed by atoms with van der Waals surface area (Å²) >= 11 is 11.8. The van der Waals surface area contributed by atoms with E-state index in [4.69, 9.17) is 32.7 Å². The Kier molecular flexibility index (Phi) is 8.09. The average molecular weight is 481 g/mol. The molecule has 0 heterocycles. The largest absolute Gasteiger partial charge is 0.490 e. The van der Waals surface area contributed by atoms with Crippen LogP contribution in [0.1, 0.15) is 22.8 Å². The minimum absolute atomic E-state index is 0.141. The van der Waals surface area contributed by atoms with Gasteiger partial charge in [0.15, 0.2) is 11.5 Å². The molecule has 0 saturated heterocycles. The lowest BCUT2D eigenvalue weighted by atomic mass is 10.1. The van der Waals surface area contributed by atoms with E-state index in [-0.39, 0.29) is 16.3 Å². The number of esters is 1. The molecule has 1 amide bonds. The molecule has 0 saturated carbocycles. The van der Waals surface area contributed by atoms with E-state index in [0.29, 0.717) is 34.2 Å². The summed E-state index contributed by atoms with van der Waals surface area (Å²) in [6.07, 6.45) is 1.40. The van der Waals surface area contributed by atoms with Crippen LogP contribution in [0.15, 0.2) is 72.3 Å². The van der Waals surface area contributed by atoms with Crippen LogP contribution in [-0.4, -0.2) is 18.5 Å². The Morgan fingerprint density at radius 3 is 2.42 bits per heavy atom. The third-order valence-corrected chi connectivity index (χ3v) is 5.07. The van der Waals surface area contributed by atoms with E-state index < -0.39 is 11.9 Å². The van der Waals surface area contributed by atoms with Crippen molar-refractivity contribution >= 4 is 46.8 Å². The molecule has 3 aromatic rings. The Morgan fingerprint density at radius 2 is 1.76 bits per heavy atom. The van der Waals surface area contributed by atoms with E-state index in [2.05, 4.69) is 5.32 Å². The molecule has 0 spiro atoms. The predicted molar refractivity (Wildman–Crippen MR) is 128 cm³/mol. The van der Waals surface area contributed by atoms with Gasteiger partial charge in [-0.05, 0) is 61.0 Å². The smallest absolute Gasteiger partial charge is 0.343 e. The topological polar surface area (TPSA) is 88.4 Å². The van der Waals surface area contributed by atoms with Crippen LogP contribution in [0, 0.1) is 11.3 Å². The second-order valence-electron chi connectivity index (χ2n) is 6.65. The molecular weight excluding hydrogens is 463 g/mol. The Labute approximate surface area is 201 Å². The van der Waals surface area contributed by atoms with Gasteiger partial charge >= 0.3 is 5.97 Å². The second-order valence-corrected chi connectivity index (χ2v) is 7.46. The molecular formula is C25H18Cl2N2O4. The summed E-state index contributed by atoms with van der Waals surface area (Å²) < 4.78 is 11.1. The summed E-state index contributed by atoms with van der Waals surface area (Å²) in [5.74, 6) is -0.619. The van der Waals surface area contributed by atoms with Gasteiger partial charge in [-0.2, -0.15) is 5.26 Å². The zero-order chi connectivity index (χ0) is 23.8. The first-order valence-electron chi connectivity index (χ1n) is 9.83. The standard InChI is InChI=1S/C25H18Cl2N2O4/c1-2-32-23-13-16(8-11-22(23)33-25(31)17-6-4-3-5-7-17)12-18(15-28)24(30)29-19-9-10-20(26)21(27)14-19/h3-14H,2H2,1H3,(H,29,30)/b18-12+. The second kappa shape index (κ2) is 11.2. The fourth-order valence-corrected chi connectivity index (χ4v) is 3.09. The maximum atomic E-state index is 12.5. The SMILES string of the molecule is CCOc1cc(/C=C(\C#N)C(=O)Nc2ccc(Cl)c(Cl)c2)ccc1OC(=O)c1ccccc1. The molecule has 166 valence electrons. The van der Waals surface area contributed by atoms with E-state index in [9.17, 15) is 14.9 Å². The van der Waals surface area contributed by atoms with Crippen LogP contribution in [-0.2, 0) is 4.79 Å². The van der Waals surface area contributed by atoms with Crippen molar-refractivity contribution in [1.82, 2.24) is 0 Å². The van der Waals surface area contributed by atoms with Gasteiger partial charge in [0.25, 0.3) is 5.91 Å². The van der Waals surface area contributed by atoms with Crippen molar-refractivity contribution < 1.29 is 19.1 Å². The highest BCUT2D eigenvalue weighted by Gasteiger charge is 2.15. The van der Waals surface area contributed by atoms with Crippen molar-refractivity contribution in [2.75, 3.05) is 11.9 Å². The minimum atomic E-state index is -0.617. The molecule has 0 aliphatic carbocycles. The number of nitrogens with one attached hydrogen (secondary N) is 1. The van der Waals surface area contributed by atoms with Crippen LogP contribution < -0.4 is 14.8 Å². The summed E-state index contributed by atoms with van der Waals surface area (Å²) in [6, 6.07) is 19.8. The molecule has 6 nitrogen and oxygen atoms in total. The number of amides is 1. The number of hydrogen-bond acceptors (Lipinski definition) is 5. The summed E-state index contributed by atoms with van der Waals surface area (Å²) in [7, 11) is 0. The van der Waals surface area contributed by atoms with E-state index in [1.54, 1.807) is 67.6 Å². The summed E-state index contributed by atoms with van der Waals surface area (Å²) in [5, 5.41) is 12.7. The highest BCUT2D eigenvalue weighted by molar-refractivity contribution is 6.42. The summed E-state index contributed by atoms with van der Waals surface area (Å²) in [4.78, 5) is 24.9. The van der Waals surface area contributed by atoms with Gasteiger partial charge < -0.3 is 14.8 Å². The molecule has 8 heteroatoms. The third-order valence-electron chi connectivity index (χ3n) is 4.33. The molecule has 0 unspecified atom stereocenters.